The fourth-order valence-corrected chi connectivity index (χ4v) is 4.99. The molecule has 3 rings (SSSR count). The summed E-state index contributed by atoms with van der Waals surface area (Å²) in [4.78, 5) is 9.51. The van der Waals surface area contributed by atoms with Crippen LogP contribution in [-0.2, 0) is 13.1 Å². The summed E-state index contributed by atoms with van der Waals surface area (Å²) in [6, 6.07) is 8.71. The van der Waals surface area contributed by atoms with E-state index >= 15 is 0 Å². The average Bonchev–Trinajstić information content (AvgIpc) is 2.60. The summed E-state index contributed by atoms with van der Waals surface area (Å²) < 4.78 is 0. The molecule has 5 heteroatoms. The number of likely N-dealkylation sites (tertiary alicyclic amines) is 1. The molecule has 2 saturated heterocycles. The number of guanidine groups is 1. The lowest BCUT2D eigenvalue weighted by Gasteiger charge is -2.35. The minimum Gasteiger partial charge on any atom is -0.370 e. The first-order valence-electron chi connectivity index (χ1n) is 9.53. The van der Waals surface area contributed by atoms with Gasteiger partial charge in [0.05, 0.1) is 6.54 Å². The van der Waals surface area contributed by atoms with Crippen LogP contribution in [0.5, 0.6) is 0 Å². The molecule has 2 unspecified atom stereocenters. The van der Waals surface area contributed by atoms with E-state index in [2.05, 4.69) is 47.9 Å². The number of rotatable bonds is 4. The summed E-state index contributed by atoms with van der Waals surface area (Å²) in [5.41, 5.74) is 8.93. The van der Waals surface area contributed by atoms with Gasteiger partial charge in [-0.1, -0.05) is 38.1 Å². The zero-order chi connectivity index (χ0) is 17.6. The lowest BCUT2D eigenvalue weighted by Crippen LogP contribution is -2.42. The number of aliphatic imine (C=N–C) groups is 1. The normalized spacial score (nSPS) is 26.0. The fraction of sp³-hybridized carbons (Fsp3) is 0.650. The molecule has 2 N–H and O–H groups in total. The number of nitrogens with zero attached hydrogens (tertiary/aromatic N) is 3. The van der Waals surface area contributed by atoms with E-state index < -0.39 is 0 Å². The molecule has 1 aromatic rings. The van der Waals surface area contributed by atoms with Gasteiger partial charge in [0, 0.05) is 44.2 Å². The van der Waals surface area contributed by atoms with Crippen molar-refractivity contribution >= 4 is 17.7 Å². The molecule has 0 bridgehead atoms. The van der Waals surface area contributed by atoms with Gasteiger partial charge in [0.2, 0.25) is 0 Å². The Labute approximate surface area is 156 Å². The van der Waals surface area contributed by atoms with Crippen LogP contribution in [0.3, 0.4) is 0 Å². The second kappa shape index (κ2) is 8.95. The van der Waals surface area contributed by atoms with Crippen LogP contribution in [0, 0.1) is 11.8 Å². The van der Waals surface area contributed by atoms with Crippen LogP contribution in [0.1, 0.15) is 31.4 Å². The molecule has 25 heavy (non-hydrogen) atoms. The molecule has 0 saturated carbocycles. The van der Waals surface area contributed by atoms with Crippen LogP contribution in [0.4, 0.5) is 0 Å². The van der Waals surface area contributed by atoms with Gasteiger partial charge in [0.15, 0.2) is 5.96 Å². The SMILES string of the molecule is CC1CC(C)CN(Cc2ccccc2CN=C(N)N2CCSCC2)C1. The van der Waals surface area contributed by atoms with E-state index in [-0.39, 0.29) is 0 Å². The minimum atomic E-state index is 0.685. The first-order valence-corrected chi connectivity index (χ1v) is 10.7. The molecule has 2 atom stereocenters. The minimum absolute atomic E-state index is 0.685. The van der Waals surface area contributed by atoms with Crippen LogP contribution in [0.2, 0.25) is 0 Å². The third-order valence-electron chi connectivity index (χ3n) is 5.20. The van der Waals surface area contributed by atoms with E-state index in [1.54, 1.807) is 0 Å². The van der Waals surface area contributed by atoms with Crippen molar-refractivity contribution in [3.8, 4) is 0 Å². The molecule has 4 nitrogen and oxygen atoms in total. The van der Waals surface area contributed by atoms with Gasteiger partial charge >= 0.3 is 0 Å². The van der Waals surface area contributed by atoms with Gasteiger partial charge in [0.25, 0.3) is 0 Å². The average molecular weight is 361 g/mol. The Bertz CT molecular complexity index is 573. The third-order valence-corrected chi connectivity index (χ3v) is 6.15. The summed E-state index contributed by atoms with van der Waals surface area (Å²) in [7, 11) is 0. The highest BCUT2D eigenvalue weighted by Crippen LogP contribution is 2.23. The predicted octanol–water partition coefficient (Wildman–Crippen LogP) is 3.03. The van der Waals surface area contributed by atoms with E-state index in [1.165, 1.54) is 30.6 Å². The lowest BCUT2D eigenvalue weighted by molar-refractivity contribution is 0.134. The highest BCUT2D eigenvalue weighted by Gasteiger charge is 2.22. The number of hydrogen-bond donors (Lipinski definition) is 1. The molecule has 2 aliphatic heterocycles. The van der Waals surface area contributed by atoms with Crippen molar-refractivity contribution < 1.29 is 0 Å². The van der Waals surface area contributed by atoms with E-state index in [1.807, 2.05) is 11.8 Å². The highest BCUT2D eigenvalue weighted by molar-refractivity contribution is 7.99. The van der Waals surface area contributed by atoms with E-state index in [0.29, 0.717) is 12.5 Å². The van der Waals surface area contributed by atoms with Crippen molar-refractivity contribution in [2.24, 2.45) is 22.6 Å². The Morgan fingerprint density at radius 2 is 1.76 bits per heavy atom. The Morgan fingerprint density at radius 3 is 2.44 bits per heavy atom. The molecule has 0 radical (unpaired) electrons. The maximum absolute atomic E-state index is 6.22. The van der Waals surface area contributed by atoms with Gasteiger partial charge in [-0.3, -0.25) is 4.90 Å². The van der Waals surface area contributed by atoms with Gasteiger partial charge in [0.1, 0.15) is 0 Å². The van der Waals surface area contributed by atoms with Crippen LogP contribution < -0.4 is 5.73 Å². The van der Waals surface area contributed by atoms with Gasteiger partial charge < -0.3 is 10.6 Å². The van der Waals surface area contributed by atoms with E-state index in [4.69, 9.17) is 10.7 Å². The zero-order valence-corrected chi connectivity index (χ0v) is 16.5. The van der Waals surface area contributed by atoms with Crippen LogP contribution in [0.25, 0.3) is 0 Å². The Balaban J connectivity index is 1.64. The van der Waals surface area contributed by atoms with Crippen LogP contribution in [-0.4, -0.2) is 53.4 Å². The summed E-state index contributed by atoms with van der Waals surface area (Å²) in [5, 5.41) is 0. The number of benzene rings is 1. The van der Waals surface area contributed by atoms with Crippen molar-refractivity contribution in [2.75, 3.05) is 37.7 Å². The molecule has 2 aliphatic rings. The maximum Gasteiger partial charge on any atom is 0.191 e. The number of nitrogens with two attached hydrogens (primary N) is 1. The first-order chi connectivity index (χ1) is 12.1. The molecule has 0 aromatic heterocycles. The topological polar surface area (TPSA) is 44.9 Å². The lowest BCUT2D eigenvalue weighted by atomic mass is 9.91. The third kappa shape index (κ3) is 5.38. The van der Waals surface area contributed by atoms with Gasteiger partial charge in [-0.2, -0.15) is 11.8 Å². The second-order valence-electron chi connectivity index (χ2n) is 7.68. The van der Waals surface area contributed by atoms with Gasteiger partial charge in [-0.25, -0.2) is 4.99 Å². The smallest absolute Gasteiger partial charge is 0.191 e. The standard InChI is InChI=1S/C20H32N4S/c1-16-11-17(2)14-23(13-16)15-19-6-4-3-5-18(19)12-22-20(21)24-7-9-25-10-8-24/h3-6,16-17H,7-15H2,1-2H3,(H2,21,22). The van der Waals surface area contributed by atoms with Crippen molar-refractivity contribution in [2.45, 2.75) is 33.4 Å². The number of thioether (sulfide) groups is 1. The van der Waals surface area contributed by atoms with Crippen LogP contribution in [0.15, 0.2) is 29.3 Å². The number of piperidine rings is 1. The van der Waals surface area contributed by atoms with Crippen molar-refractivity contribution in [3.05, 3.63) is 35.4 Å². The van der Waals surface area contributed by atoms with Gasteiger partial charge in [-0.15, -0.1) is 0 Å². The Kier molecular flexibility index (Phi) is 6.65. The quantitative estimate of drug-likeness (QED) is 0.662. The largest absolute Gasteiger partial charge is 0.370 e. The number of hydrogen-bond acceptors (Lipinski definition) is 3. The molecule has 0 spiro atoms. The van der Waals surface area contributed by atoms with Crippen molar-refractivity contribution in [1.29, 1.82) is 0 Å². The van der Waals surface area contributed by atoms with Gasteiger partial charge in [-0.05, 0) is 29.4 Å². The summed E-state index contributed by atoms with van der Waals surface area (Å²) in [6.45, 7) is 10.9. The van der Waals surface area contributed by atoms with E-state index in [0.717, 1.165) is 43.0 Å². The fourth-order valence-electron chi connectivity index (χ4n) is 4.09. The molecular weight excluding hydrogens is 328 g/mol. The zero-order valence-electron chi connectivity index (χ0n) is 15.7. The highest BCUT2D eigenvalue weighted by atomic mass is 32.2. The van der Waals surface area contributed by atoms with Crippen LogP contribution >= 0.6 is 11.8 Å². The monoisotopic (exact) mass is 360 g/mol. The van der Waals surface area contributed by atoms with Crippen molar-refractivity contribution in [1.82, 2.24) is 9.80 Å². The predicted molar refractivity (Wildman–Crippen MR) is 109 cm³/mol. The molecule has 0 aliphatic carbocycles. The molecule has 2 fully saturated rings. The molecular formula is C20H32N4S. The molecule has 1 aromatic carbocycles. The Hall–Kier alpha value is -1.20. The van der Waals surface area contributed by atoms with E-state index in [9.17, 15) is 0 Å². The summed E-state index contributed by atoms with van der Waals surface area (Å²) in [5.74, 6) is 4.59. The summed E-state index contributed by atoms with van der Waals surface area (Å²) >= 11 is 1.99. The molecule has 0 amide bonds. The Morgan fingerprint density at radius 1 is 1.12 bits per heavy atom. The molecule has 2 heterocycles. The van der Waals surface area contributed by atoms with Crippen molar-refractivity contribution in [3.63, 3.8) is 0 Å². The second-order valence-corrected chi connectivity index (χ2v) is 8.91. The molecule has 138 valence electrons. The maximum atomic E-state index is 6.22. The summed E-state index contributed by atoms with van der Waals surface area (Å²) in [6.07, 6.45) is 1.35. The first kappa shape index (κ1) is 18.6.